The van der Waals surface area contributed by atoms with Crippen LogP contribution in [-0.2, 0) is 10.4 Å². The van der Waals surface area contributed by atoms with Crippen molar-refractivity contribution in [2.75, 3.05) is 0 Å². The lowest BCUT2D eigenvalue weighted by atomic mass is 15.8. The molecule has 8 heavy (non-hydrogen) atoms. The predicted octanol–water partition coefficient (Wildman–Crippen LogP) is -0.808. The van der Waals surface area contributed by atoms with E-state index in [-0.39, 0.29) is 23.1 Å². The number of thiol groups is 2. The first-order chi connectivity index (χ1) is 3.00. The minimum Gasteiger partial charge on any atom is -0.264 e. The molecule has 0 fully saturated rings. The molecule has 4 nitrogen and oxygen atoms in total. The summed E-state index contributed by atoms with van der Waals surface area (Å²) in [5, 5.41) is 0. The Labute approximate surface area is 74.0 Å². The van der Waals surface area contributed by atoms with E-state index in [0.717, 1.165) is 0 Å². The van der Waals surface area contributed by atoms with Crippen LogP contribution in [-0.4, -0.2) is 40.6 Å². The fraction of sp³-hybridized carbons (Fsp3) is 0. The second-order valence-corrected chi connectivity index (χ2v) is 1.34. The van der Waals surface area contributed by atoms with Crippen molar-refractivity contribution < 1.29 is 17.5 Å². The van der Waals surface area contributed by atoms with E-state index in [0.29, 0.717) is 0 Å². The van der Waals surface area contributed by atoms with Gasteiger partial charge in [-0.05, 0) is 0 Å². The third kappa shape index (κ3) is 165. The largest absolute Gasteiger partial charge is 0.394 e. The van der Waals surface area contributed by atoms with Gasteiger partial charge < -0.3 is 0 Å². The van der Waals surface area contributed by atoms with E-state index >= 15 is 0 Å². The van der Waals surface area contributed by atoms with Crippen molar-refractivity contribution in [2.24, 2.45) is 0 Å². The summed E-state index contributed by atoms with van der Waals surface area (Å²) in [7, 11) is -4.67. The lowest BCUT2D eigenvalue weighted by Gasteiger charge is -1.68. The molecule has 0 aliphatic carbocycles. The van der Waals surface area contributed by atoms with Crippen LogP contribution in [0.15, 0.2) is 0 Å². The highest BCUT2D eigenvalue weighted by molar-refractivity contribution is 8.59. The SMILES string of the molecule is O=S(=O)(O)O.SS.[MgH2]. The van der Waals surface area contributed by atoms with Crippen LogP contribution < -0.4 is 0 Å². The first-order valence-electron chi connectivity index (χ1n) is 0.898. The van der Waals surface area contributed by atoms with Crippen molar-refractivity contribution in [3.8, 4) is 0 Å². The molecule has 0 spiro atoms. The Morgan fingerprint density at radius 3 is 1.12 bits per heavy atom. The maximum Gasteiger partial charge on any atom is 0.394 e. The monoisotopic (exact) mass is 190 g/mol. The van der Waals surface area contributed by atoms with Gasteiger partial charge in [-0.25, -0.2) is 0 Å². The summed E-state index contributed by atoms with van der Waals surface area (Å²) in [6.45, 7) is 0. The molecule has 0 saturated heterocycles. The maximum atomic E-state index is 8.74. The Hall–Kier alpha value is 1.34. The smallest absolute Gasteiger partial charge is 0.264 e. The molecule has 0 rings (SSSR count). The highest BCUT2D eigenvalue weighted by atomic mass is 33.1. The van der Waals surface area contributed by atoms with Gasteiger partial charge in [0.25, 0.3) is 0 Å². The molecular formula is H6MgO4S3. The summed E-state index contributed by atoms with van der Waals surface area (Å²) < 4.78 is 31.6. The van der Waals surface area contributed by atoms with E-state index in [9.17, 15) is 0 Å². The van der Waals surface area contributed by atoms with Gasteiger partial charge in [0.15, 0.2) is 0 Å². The molecule has 0 heterocycles. The van der Waals surface area contributed by atoms with Gasteiger partial charge in [-0.1, -0.05) is 0 Å². The van der Waals surface area contributed by atoms with Crippen LogP contribution in [0.1, 0.15) is 0 Å². The zero-order chi connectivity index (χ0) is 6.50. The van der Waals surface area contributed by atoms with Crippen molar-refractivity contribution >= 4 is 56.8 Å². The molecule has 0 aromatic rings. The van der Waals surface area contributed by atoms with Crippen LogP contribution in [0.2, 0.25) is 0 Å². The molecule has 8 heteroatoms. The fourth-order valence-electron chi connectivity index (χ4n) is 0. The van der Waals surface area contributed by atoms with Crippen LogP contribution in [0.4, 0.5) is 0 Å². The van der Waals surface area contributed by atoms with Gasteiger partial charge in [0.1, 0.15) is 0 Å². The third-order valence-corrected chi connectivity index (χ3v) is 0. The summed E-state index contributed by atoms with van der Waals surface area (Å²) >= 11 is 6.44. The van der Waals surface area contributed by atoms with Crippen LogP contribution in [0.25, 0.3) is 0 Å². The average Bonchev–Trinajstić information content (AvgIpc) is 1.36. The van der Waals surface area contributed by atoms with E-state index in [1.54, 1.807) is 0 Å². The van der Waals surface area contributed by atoms with Gasteiger partial charge >= 0.3 is 33.5 Å². The molecule has 0 atom stereocenters. The third-order valence-electron chi connectivity index (χ3n) is 0. The minimum absolute atomic E-state index is 0. The number of hydrogen-bond acceptors (Lipinski definition) is 4. The Bertz CT molecular complexity index is 94.5. The minimum atomic E-state index is -4.67. The summed E-state index contributed by atoms with van der Waals surface area (Å²) in [4.78, 5) is 0. The van der Waals surface area contributed by atoms with E-state index in [2.05, 4.69) is 23.3 Å². The van der Waals surface area contributed by atoms with Crippen molar-refractivity contribution in [1.29, 1.82) is 0 Å². The molecular weight excluding hydrogens is 185 g/mol. The quantitative estimate of drug-likeness (QED) is 0.175. The summed E-state index contributed by atoms with van der Waals surface area (Å²) in [6.07, 6.45) is 0. The highest BCUT2D eigenvalue weighted by Gasteiger charge is 1.84. The molecule has 0 aromatic carbocycles. The lowest BCUT2D eigenvalue weighted by molar-refractivity contribution is 0.381. The molecule has 0 amide bonds. The number of hydrogen-bond donors (Lipinski definition) is 4. The topological polar surface area (TPSA) is 74.6 Å². The van der Waals surface area contributed by atoms with E-state index < -0.39 is 10.4 Å². The van der Waals surface area contributed by atoms with Crippen LogP contribution in [0.3, 0.4) is 0 Å². The van der Waals surface area contributed by atoms with Gasteiger partial charge in [-0.3, -0.25) is 9.11 Å². The lowest BCUT2D eigenvalue weighted by Crippen LogP contribution is -1.89. The Kier molecular flexibility index (Phi) is 16.8. The standard InChI is InChI=1S/Mg.H2O4S.H2S2.2H/c;1-5(2,3)4;1-2;;/h;(H2,1,2,3,4);1-2H;;. The second kappa shape index (κ2) is 8.34. The van der Waals surface area contributed by atoms with E-state index in [1.165, 1.54) is 0 Å². The molecule has 50 valence electrons. The van der Waals surface area contributed by atoms with Gasteiger partial charge in [0.05, 0.1) is 0 Å². The number of rotatable bonds is 0. The van der Waals surface area contributed by atoms with Crippen LogP contribution >= 0.6 is 23.3 Å². The molecule has 0 radical (unpaired) electrons. The molecule has 0 saturated carbocycles. The normalized spacial score (nSPS) is 8.00. The van der Waals surface area contributed by atoms with E-state index in [1.807, 2.05) is 0 Å². The Morgan fingerprint density at radius 1 is 1.12 bits per heavy atom. The summed E-state index contributed by atoms with van der Waals surface area (Å²) in [6, 6.07) is 0. The average molecular weight is 191 g/mol. The highest BCUT2D eigenvalue weighted by Crippen LogP contribution is 1.65. The molecule has 0 bridgehead atoms. The molecule has 0 aliphatic heterocycles. The fourth-order valence-corrected chi connectivity index (χ4v) is 0. The molecule has 0 aromatic heterocycles. The Morgan fingerprint density at radius 2 is 1.12 bits per heavy atom. The van der Waals surface area contributed by atoms with Crippen LogP contribution in [0, 0.1) is 0 Å². The maximum absolute atomic E-state index is 8.74. The van der Waals surface area contributed by atoms with Crippen molar-refractivity contribution in [3.05, 3.63) is 0 Å². The zero-order valence-corrected chi connectivity index (χ0v) is 5.62. The van der Waals surface area contributed by atoms with Gasteiger partial charge in [-0.15, -0.1) is 23.3 Å². The predicted molar refractivity (Wildman–Crippen MR) is 40.7 cm³/mol. The summed E-state index contributed by atoms with van der Waals surface area (Å²) in [5.41, 5.74) is 0. The van der Waals surface area contributed by atoms with Crippen molar-refractivity contribution in [2.45, 2.75) is 0 Å². The summed E-state index contributed by atoms with van der Waals surface area (Å²) in [5.74, 6) is 0. The zero-order valence-electron chi connectivity index (χ0n) is 3.01. The van der Waals surface area contributed by atoms with Crippen molar-refractivity contribution in [1.82, 2.24) is 0 Å². The second-order valence-electron chi connectivity index (χ2n) is 0.448. The van der Waals surface area contributed by atoms with Gasteiger partial charge in [0.2, 0.25) is 0 Å². The van der Waals surface area contributed by atoms with Crippen LogP contribution in [0.5, 0.6) is 0 Å². The van der Waals surface area contributed by atoms with Gasteiger partial charge in [-0.2, -0.15) is 8.42 Å². The molecule has 2 N–H and O–H groups in total. The first-order valence-corrected chi connectivity index (χ1v) is 3.90. The Balaban J connectivity index is -0.0000000750. The van der Waals surface area contributed by atoms with Crippen molar-refractivity contribution in [3.63, 3.8) is 0 Å². The van der Waals surface area contributed by atoms with Gasteiger partial charge in [0, 0.05) is 0 Å². The van der Waals surface area contributed by atoms with E-state index in [4.69, 9.17) is 17.5 Å². The molecule has 0 unspecified atom stereocenters. The first kappa shape index (κ1) is 16.2. The molecule has 0 aliphatic rings.